The van der Waals surface area contributed by atoms with Gasteiger partial charge in [0, 0.05) is 26.2 Å². The van der Waals surface area contributed by atoms with Crippen LogP contribution in [0.4, 0.5) is 0 Å². The van der Waals surface area contributed by atoms with Crippen LogP contribution in [0.2, 0.25) is 0 Å². The topological polar surface area (TPSA) is 29.5 Å². The van der Waals surface area contributed by atoms with Crippen molar-refractivity contribution in [2.45, 2.75) is 26.4 Å². The maximum Gasteiger partial charge on any atom is 0.161 e. The van der Waals surface area contributed by atoms with E-state index in [1.54, 1.807) is 18.2 Å². The first-order chi connectivity index (χ1) is 5.49. The Kier molecular flexibility index (Phi) is 4.70. The average molecular weight is 257 g/mol. The Labute approximate surface area is 98.0 Å². The van der Waals surface area contributed by atoms with Crippen LogP contribution in [0.3, 0.4) is 0 Å². The van der Waals surface area contributed by atoms with E-state index in [1.165, 1.54) is 0 Å². The number of phenols is 1. The predicted octanol–water partition coefficient (Wildman–Crippen LogP) is 2.57. The van der Waals surface area contributed by atoms with Crippen molar-refractivity contribution in [2.24, 2.45) is 0 Å². The molecular weight excluding hydrogens is 243 g/mol. The number of ether oxygens (including phenoxy) is 1. The Morgan fingerprint density at radius 2 is 1.69 bits per heavy atom. The van der Waals surface area contributed by atoms with Crippen LogP contribution in [0.5, 0.6) is 11.5 Å². The molecule has 0 heterocycles. The molecule has 0 fully saturated rings. The molecular formula is C10H14O2Zr. The Bertz CT molecular complexity index is 266. The van der Waals surface area contributed by atoms with Crippen molar-refractivity contribution in [2.75, 3.05) is 0 Å². The van der Waals surface area contributed by atoms with Gasteiger partial charge in [-0.25, -0.2) is 0 Å². The van der Waals surface area contributed by atoms with Gasteiger partial charge < -0.3 is 9.84 Å². The van der Waals surface area contributed by atoms with E-state index >= 15 is 0 Å². The first-order valence-electron chi connectivity index (χ1n) is 3.96. The molecule has 3 heteroatoms. The zero-order valence-corrected chi connectivity index (χ0v) is 10.6. The van der Waals surface area contributed by atoms with Gasteiger partial charge in [0.05, 0.1) is 0 Å². The van der Waals surface area contributed by atoms with Crippen molar-refractivity contribution in [3.8, 4) is 11.5 Å². The van der Waals surface area contributed by atoms with Gasteiger partial charge in [0.2, 0.25) is 0 Å². The SMILES string of the molecule is CC(C)(C)Oc1ccccc1O.[Zr]. The second-order valence-electron chi connectivity index (χ2n) is 3.68. The summed E-state index contributed by atoms with van der Waals surface area (Å²) in [4.78, 5) is 0. The van der Waals surface area contributed by atoms with Gasteiger partial charge in [-0.2, -0.15) is 0 Å². The van der Waals surface area contributed by atoms with Crippen LogP contribution in [0.25, 0.3) is 0 Å². The fourth-order valence-electron chi connectivity index (χ4n) is 0.873. The van der Waals surface area contributed by atoms with E-state index in [0.717, 1.165) is 0 Å². The summed E-state index contributed by atoms with van der Waals surface area (Å²) in [5.74, 6) is 0.720. The molecule has 0 saturated heterocycles. The Morgan fingerprint density at radius 1 is 1.15 bits per heavy atom. The summed E-state index contributed by atoms with van der Waals surface area (Å²) in [6.45, 7) is 5.83. The second kappa shape index (κ2) is 4.81. The molecule has 0 aliphatic heterocycles. The predicted molar refractivity (Wildman–Crippen MR) is 48.5 cm³/mol. The second-order valence-corrected chi connectivity index (χ2v) is 3.68. The zero-order valence-electron chi connectivity index (χ0n) is 8.16. The van der Waals surface area contributed by atoms with Gasteiger partial charge >= 0.3 is 0 Å². The number of benzene rings is 1. The molecule has 0 amide bonds. The van der Waals surface area contributed by atoms with E-state index in [4.69, 9.17) is 4.74 Å². The van der Waals surface area contributed by atoms with Gasteiger partial charge in [0.1, 0.15) is 5.60 Å². The standard InChI is InChI=1S/C10H14O2.Zr/c1-10(2,3)12-9-7-5-4-6-8(9)11;/h4-7,11H,1-3H3;. The fraction of sp³-hybridized carbons (Fsp3) is 0.400. The van der Waals surface area contributed by atoms with Crippen LogP contribution in [-0.4, -0.2) is 10.7 Å². The molecule has 1 aromatic rings. The Morgan fingerprint density at radius 3 is 2.15 bits per heavy atom. The van der Waals surface area contributed by atoms with Crippen molar-refractivity contribution in [3.05, 3.63) is 24.3 Å². The van der Waals surface area contributed by atoms with Gasteiger partial charge in [0.25, 0.3) is 0 Å². The quantitative estimate of drug-likeness (QED) is 0.838. The van der Waals surface area contributed by atoms with Crippen molar-refractivity contribution >= 4 is 0 Å². The van der Waals surface area contributed by atoms with Gasteiger partial charge in [-0.3, -0.25) is 0 Å². The number of para-hydroxylation sites is 2. The van der Waals surface area contributed by atoms with Crippen LogP contribution < -0.4 is 4.74 Å². The molecule has 1 N–H and O–H groups in total. The molecule has 1 aromatic carbocycles. The summed E-state index contributed by atoms with van der Waals surface area (Å²) >= 11 is 0. The minimum absolute atomic E-state index is 0. The van der Waals surface area contributed by atoms with E-state index < -0.39 is 0 Å². The molecule has 0 aliphatic rings. The summed E-state index contributed by atoms with van der Waals surface area (Å²) in [6.07, 6.45) is 0. The molecule has 1 rings (SSSR count). The Balaban J connectivity index is 0.00000144. The van der Waals surface area contributed by atoms with Crippen molar-refractivity contribution < 1.29 is 36.0 Å². The van der Waals surface area contributed by atoms with Crippen LogP contribution in [0.1, 0.15) is 20.8 Å². The van der Waals surface area contributed by atoms with Gasteiger partial charge in [-0.1, -0.05) is 12.1 Å². The molecule has 0 unspecified atom stereocenters. The van der Waals surface area contributed by atoms with E-state index in [-0.39, 0.29) is 37.6 Å². The van der Waals surface area contributed by atoms with E-state index in [2.05, 4.69) is 0 Å². The maximum absolute atomic E-state index is 9.35. The van der Waals surface area contributed by atoms with Crippen LogP contribution in [0, 0.1) is 0 Å². The Hall–Kier alpha value is -0.297. The summed E-state index contributed by atoms with van der Waals surface area (Å²) in [6, 6.07) is 6.97. The number of phenolic OH excluding ortho intramolecular Hbond substituents is 1. The molecule has 70 valence electrons. The zero-order chi connectivity index (χ0) is 9.19. The van der Waals surface area contributed by atoms with Crippen molar-refractivity contribution in [1.29, 1.82) is 0 Å². The van der Waals surface area contributed by atoms with E-state index in [0.29, 0.717) is 5.75 Å². The molecule has 2 nitrogen and oxygen atoms in total. The first kappa shape index (κ1) is 12.7. The van der Waals surface area contributed by atoms with Crippen molar-refractivity contribution in [1.82, 2.24) is 0 Å². The maximum atomic E-state index is 9.35. The van der Waals surface area contributed by atoms with Gasteiger partial charge in [0.15, 0.2) is 11.5 Å². The normalized spacial score (nSPS) is 10.4. The molecule has 0 radical (unpaired) electrons. The summed E-state index contributed by atoms with van der Waals surface area (Å²) in [5.41, 5.74) is -0.265. The molecule has 13 heavy (non-hydrogen) atoms. The number of aromatic hydroxyl groups is 1. The molecule has 0 spiro atoms. The largest absolute Gasteiger partial charge is 0.504 e. The molecule has 0 bridgehead atoms. The smallest absolute Gasteiger partial charge is 0.161 e. The molecule has 0 atom stereocenters. The third-order valence-corrected chi connectivity index (χ3v) is 1.28. The minimum atomic E-state index is -0.265. The van der Waals surface area contributed by atoms with Crippen molar-refractivity contribution in [3.63, 3.8) is 0 Å². The third-order valence-electron chi connectivity index (χ3n) is 1.28. The van der Waals surface area contributed by atoms with Crippen LogP contribution in [-0.2, 0) is 26.2 Å². The summed E-state index contributed by atoms with van der Waals surface area (Å²) in [5, 5.41) is 9.35. The monoisotopic (exact) mass is 256 g/mol. The number of rotatable bonds is 1. The minimum Gasteiger partial charge on any atom is -0.504 e. The van der Waals surface area contributed by atoms with E-state index in [9.17, 15) is 5.11 Å². The summed E-state index contributed by atoms with van der Waals surface area (Å²) in [7, 11) is 0. The average Bonchev–Trinajstić information content (AvgIpc) is 1.91. The summed E-state index contributed by atoms with van der Waals surface area (Å²) < 4.78 is 5.48. The first-order valence-corrected chi connectivity index (χ1v) is 3.96. The number of hydrogen-bond acceptors (Lipinski definition) is 2. The molecule has 0 saturated carbocycles. The van der Waals surface area contributed by atoms with Crippen LogP contribution in [0.15, 0.2) is 24.3 Å². The number of hydrogen-bond donors (Lipinski definition) is 1. The fourth-order valence-corrected chi connectivity index (χ4v) is 0.873. The third kappa shape index (κ3) is 4.47. The molecule has 0 aliphatic carbocycles. The van der Waals surface area contributed by atoms with E-state index in [1.807, 2.05) is 26.8 Å². The van der Waals surface area contributed by atoms with Gasteiger partial charge in [-0.15, -0.1) is 0 Å². The molecule has 0 aromatic heterocycles. The van der Waals surface area contributed by atoms with Crippen LogP contribution >= 0.6 is 0 Å². The van der Waals surface area contributed by atoms with Gasteiger partial charge in [-0.05, 0) is 32.9 Å².